The number of aryl methyl sites for hydroxylation is 1. The largest absolute Gasteiger partial charge is 0.353 e. The Balaban J connectivity index is 1.65. The smallest absolute Gasteiger partial charge is 0.157 e. The predicted octanol–water partition coefficient (Wildman–Crippen LogP) is 1.73. The van der Waals surface area contributed by atoms with E-state index >= 15 is 0 Å². The SMILES string of the molecule is Cc1cnn(CCOC2CCCCO2)c1. The highest BCUT2D eigenvalue weighted by Crippen LogP contribution is 2.13. The molecule has 84 valence electrons. The van der Waals surface area contributed by atoms with E-state index in [1.807, 2.05) is 24.0 Å². The molecule has 1 saturated heterocycles. The van der Waals surface area contributed by atoms with Crippen LogP contribution in [-0.4, -0.2) is 29.3 Å². The maximum Gasteiger partial charge on any atom is 0.157 e. The standard InChI is InChI=1S/C11H18N2O2/c1-10-8-12-13(9-10)5-7-15-11-4-2-3-6-14-11/h8-9,11H,2-7H2,1H3. The number of rotatable bonds is 4. The Hall–Kier alpha value is -0.870. The third-order valence-electron chi connectivity index (χ3n) is 2.52. The number of hydrogen-bond donors (Lipinski definition) is 0. The predicted molar refractivity (Wildman–Crippen MR) is 56.5 cm³/mol. The Labute approximate surface area is 90.2 Å². The summed E-state index contributed by atoms with van der Waals surface area (Å²) in [5.74, 6) is 0. The molecule has 4 nitrogen and oxygen atoms in total. The minimum atomic E-state index is 0.00964. The Morgan fingerprint density at radius 1 is 1.60 bits per heavy atom. The Kier molecular flexibility index (Phi) is 3.75. The fourth-order valence-corrected chi connectivity index (χ4v) is 1.71. The van der Waals surface area contributed by atoms with E-state index in [9.17, 15) is 0 Å². The van der Waals surface area contributed by atoms with Crippen LogP contribution in [0.3, 0.4) is 0 Å². The first-order valence-corrected chi connectivity index (χ1v) is 5.57. The molecular formula is C11H18N2O2. The molecule has 4 heteroatoms. The Bertz CT molecular complexity index is 293. The molecule has 0 N–H and O–H groups in total. The normalized spacial score (nSPS) is 21.8. The van der Waals surface area contributed by atoms with E-state index in [1.165, 1.54) is 12.0 Å². The van der Waals surface area contributed by atoms with Crippen LogP contribution in [-0.2, 0) is 16.0 Å². The molecule has 15 heavy (non-hydrogen) atoms. The molecular weight excluding hydrogens is 192 g/mol. The van der Waals surface area contributed by atoms with E-state index in [1.54, 1.807) is 0 Å². The van der Waals surface area contributed by atoms with Gasteiger partial charge in [0.2, 0.25) is 0 Å². The monoisotopic (exact) mass is 210 g/mol. The van der Waals surface area contributed by atoms with Crippen molar-refractivity contribution in [3.63, 3.8) is 0 Å². The molecule has 0 aliphatic carbocycles. The lowest BCUT2D eigenvalue weighted by Gasteiger charge is -2.22. The first-order chi connectivity index (χ1) is 7.34. The van der Waals surface area contributed by atoms with E-state index in [2.05, 4.69) is 5.10 Å². The van der Waals surface area contributed by atoms with Gasteiger partial charge in [-0.05, 0) is 31.7 Å². The van der Waals surface area contributed by atoms with Gasteiger partial charge in [-0.3, -0.25) is 4.68 Å². The minimum absolute atomic E-state index is 0.00964. The molecule has 2 rings (SSSR count). The molecule has 1 aliphatic rings. The number of ether oxygens (including phenoxy) is 2. The summed E-state index contributed by atoms with van der Waals surface area (Å²) >= 11 is 0. The number of hydrogen-bond acceptors (Lipinski definition) is 3. The van der Waals surface area contributed by atoms with Crippen LogP contribution < -0.4 is 0 Å². The molecule has 1 aliphatic heterocycles. The van der Waals surface area contributed by atoms with Crippen LogP contribution in [0, 0.1) is 6.92 Å². The molecule has 0 saturated carbocycles. The topological polar surface area (TPSA) is 36.3 Å². The molecule has 0 radical (unpaired) electrons. The third kappa shape index (κ3) is 3.32. The number of aromatic nitrogens is 2. The minimum Gasteiger partial charge on any atom is -0.353 e. The second kappa shape index (κ2) is 5.28. The third-order valence-corrected chi connectivity index (χ3v) is 2.52. The molecule has 1 aromatic heterocycles. The molecule has 0 spiro atoms. The maximum absolute atomic E-state index is 5.61. The van der Waals surface area contributed by atoms with Crippen LogP contribution in [0.5, 0.6) is 0 Å². The molecule has 0 aromatic carbocycles. The van der Waals surface area contributed by atoms with Gasteiger partial charge in [0.05, 0.1) is 19.3 Å². The molecule has 0 amide bonds. The second-order valence-electron chi connectivity index (χ2n) is 3.95. The van der Waals surface area contributed by atoms with Crippen LogP contribution in [0.2, 0.25) is 0 Å². The molecule has 1 unspecified atom stereocenters. The Morgan fingerprint density at radius 2 is 2.53 bits per heavy atom. The van der Waals surface area contributed by atoms with E-state index < -0.39 is 0 Å². The van der Waals surface area contributed by atoms with Gasteiger partial charge in [-0.1, -0.05) is 0 Å². The van der Waals surface area contributed by atoms with E-state index in [4.69, 9.17) is 9.47 Å². The Morgan fingerprint density at radius 3 is 3.20 bits per heavy atom. The van der Waals surface area contributed by atoms with Crippen molar-refractivity contribution < 1.29 is 9.47 Å². The van der Waals surface area contributed by atoms with Gasteiger partial charge in [-0.15, -0.1) is 0 Å². The lowest BCUT2D eigenvalue weighted by atomic mass is 10.2. The van der Waals surface area contributed by atoms with Gasteiger partial charge in [-0.25, -0.2) is 0 Å². The van der Waals surface area contributed by atoms with Crippen LogP contribution >= 0.6 is 0 Å². The average Bonchev–Trinajstić information content (AvgIpc) is 2.66. The van der Waals surface area contributed by atoms with Gasteiger partial charge >= 0.3 is 0 Å². The van der Waals surface area contributed by atoms with E-state index in [0.717, 1.165) is 26.0 Å². The fraction of sp³-hybridized carbons (Fsp3) is 0.727. The zero-order chi connectivity index (χ0) is 10.5. The first kappa shape index (κ1) is 10.6. The highest BCUT2D eigenvalue weighted by Gasteiger charge is 2.13. The molecule has 2 heterocycles. The van der Waals surface area contributed by atoms with Crippen molar-refractivity contribution >= 4 is 0 Å². The van der Waals surface area contributed by atoms with Crippen molar-refractivity contribution in [3.05, 3.63) is 18.0 Å². The van der Waals surface area contributed by atoms with Crippen LogP contribution in [0.25, 0.3) is 0 Å². The first-order valence-electron chi connectivity index (χ1n) is 5.57. The molecule has 1 aromatic rings. The summed E-state index contributed by atoms with van der Waals surface area (Å²) in [7, 11) is 0. The van der Waals surface area contributed by atoms with Crippen LogP contribution in [0.1, 0.15) is 24.8 Å². The van der Waals surface area contributed by atoms with Gasteiger partial charge < -0.3 is 9.47 Å². The van der Waals surface area contributed by atoms with Crippen molar-refractivity contribution in [3.8, 4) is 0 Å². The summed E-state index contributed by atoms with van der Waals surface area (Å²) in [5.41, 5.74) is 1.18. The van der Waals surface area contributed by atoms with Gasteiger partial charge in [0.15, 0.2) is 6.29 Å². The maximum atomic E-state index is 5.61. The summed E-state index contributed by atoms with van der Waals surface area (Å²) in [5, 5.41) is 4.19. The zero-order valence-corrected chi connectivity index (χ0v) is 9.19. The summed E-state index contributed by atoms with van der Waals surface area (Å²) in [6.07, 6.45) is 7.29. The summed E-state index contributed by atoms with van der Waals surface area (Å²) in [4.78, 5) is 0. The quantitative estimate of drug-likeness (QED) is 0.759. The summed E-state index contributed by atoms with van der Waals surface area (Å²) < 4.78 is 13.0. The van der Waals surface area contributed by atoms with Crippen LogP contribution in [0.4, 0.5) is 0 Å². The second-order valence-corrected chi connectivity index (χ2v) is 3.95. The summed E-state index contributed by atoms with van der Waals surface area (Å²) in [6, 6.07) is 0. The highest BCUT2D eigenvalue weighted by atomic mass is 16.7. The van der Waals surface area contributed by atoms with Crippen molar-refractivity contribution in [2.24, 2.45) is 0 Å². The van der Waals surface area contributed by atoms with Crippen LogP contribution in [0.15, 0.2) is 12.4 Å². The van der Waals surface area contributed by atoms with E-state index in [-0.39, 0.29) is 6.29 Å². The van der Waals surface area contributed by atoms with Crippen molar-refractivity contribution in [2.75, 3.05) is 13.2 Å². The molecule has 1 atom stereocenters. The van der Waals surface area contributed by atoms with Gasteiger partial charge in [-0.2, -0.15) is 5.10 Å². The molecule has 1 fully saturated rings. The lowest BCUT2D eigenvalue weighted by Crippen LogP contribution is -2.24. The van der Waals surface area contributed by atoms with E-state index in [0.29, 0.717) is 6.61 Å². The van der Waals surface area contributed by atoms with Crippen molar-refractivity contribution in [1.82, 2.24) is 9.78 Å². The van der Waals surface area contributed by atoms with Gasteiger partial charge in [0.1, 0.15) is 0 Å². The highest BCUT2D eigenvalue weighted by molar-refractivity contribution is 4.99. The average molecular weight is 210 g/mol. The van der Waals surface area contributed by atoms with Crippen molar-refractivity contribution in [1.29, 1.82) is 0 Å². The van der Waals surface area contributed by atoms with Crippen molar-refractivity contribution in [2.45, 2.75) is 39.0 Å². The fourth-order valence-electron chi connectivity index (χ4n) is 1.71. The van der Waals surface area contributed by atoms with Gasteiger partial charge in [0, 0.05) is 12.8 Å². The van der Waals surface area contributed by atoms with Gasteiger partial charge in [0.25, 0.3) is 0 Å². The zero-order valence-electron chi connectivity index (χ0n) is 9.19. The summed E-state index contributed by atoms with van der Waals surface area (Å²) in [6.45, 7) is 4.35. The number of nitrogens with zero attached hydrogens (tertiary/aromatic N) is 2. The molecule has 0 bridgehead atoms. The lowest BCUT2D eigenvalue weighted by molar-refractivity contribution is -0.163.